The minimum atomic E-state index is -0.556. The molecular formula is C12H16O3. The van der Waals surface area contributed by atoms with E-state index in [-0.39, 0.29) is 17.7 Å². The Labute approximate surface area is 89.5 Å². The van der Waals surface area contributed by atoms with Crippen molar-refractivity contribution < 1.29 is 14.3 Å². The summed E-state index contributed by atoms with van der Waals surface area (Å²) in [5, 5.41) is 0. The number of ether oxygens (including phenoxy) is 1. The summed E-state index contributed by atoms with van der Waals surface area (Å²) >= 11 is 0. The van der Waals surface area contributed by atoms with Gasteiger partial charge in [0.25, 0.3) is 0 Å². The van der Waals surface area contributed by atoms with E-state index in [1.807, 2.05) is 0 Å². The molecule has 1 saturated carbocycles. The Morgan fingerprint density at radius 3 is 2.60 bits per heavy atom. The molecule has 0 aliphatic heterocycles. The normalized spacial score (nSPS) is 36.9. The number of ketones is 1. The highest BCUT2D eigenvalue weighted by Gasteiger charge is 2.54. The summed E-state index contributed by atoms with van der Waals surface area (Å²) in [5.74, 6) is 0.531. The van der Waals surface area contributed by atoms with Crippen LogP contribution in [0.2, 0.25) is 0 Å². The molecule has 2 bridgehead atoms. The number of Topliss-reactive ketones (excluding diaryl/α,β-unsaturated/α-hetero) is 1. The SMILES string of the molecule is COC(=O)C1(CC(C)=O)CC2C=CC1C2. The highest BCUT2D eigenvalue weighted by Crippen LogP contribution is 2.54. The van der Waals surface area contributed by atoms with Crippen molar-refractivity contribution in [1.29, 1.82) is 0 Å². The Kier molecular flexibility index (Phi) is 2.41. The van der Waals surface area contributed by atoms with Crippen LogP contribution in [0, 0.1) is 17.3 Å². The second-order valence-electron chi connectivity index (χ2n) is 4.72. The van der Waals surface area contributed by atoms with Gasteiger partial charge in [-0.25, -0.2) is 0 Å². The van der Waals surface area contributed by atoms with Crippen LogP contribution < -0.4 is 0 Å². The van der Waals surface area contributed by atoms with Gasteiger partial charge in [-0.2, -0.15) is 0 Å². The lowest BCUT2D eigenvalue weighted by atomic mass is 9.72. The third-order valence-corrected chi connectivity index (χ3v) is 3.66. The van der Waals surface area contributed by atoms with Crippen molar-refractivity contribution in [3.8, 4) is 0 Å². The molecule has 0 aromatic heterocycles. The van der Waals surface area contributed by atoms with E-state index in [0.29, 0.717) is 12.3 Å². The number of methoxy groups -OCH3 is 1. The van der Waals surface area contributed by atoms with Crippen LogP contribution in [0.3, 0.4) is 0 Å². The molecule has 0 saturated heterocycles. The number of fused-ring (bicyclic) bond motifs is 2. The molecule has 82 valence electrons. The third kappa shape index (κ3) is 1.50. The largest absolute Gasteiger partial charge is 0.469 e. The molecule has 0 aromatic rings. The summed E-state index contributed by atoms with van der Waals surface area (Å²) in [6.07, 6.45) is 6.34. The summed E-state index contributed by atoms with van der Waals surface area (Å²) < 4.78 is 4.87. The zero-order valence-electron chi connectivity index (χ0n) is 9.16. The molecule has 3 unspecified atom stereocenters. The Balaban J connectivity index is 2.28. The fourth-order valence-electron chi connectivity index (χ4n) is 3.11. The highest BCUT2D eigenvalue weighted by atomic mass is 16.5. The van der Waals surface area contributed by atoms with E-state index in [1.54, 1.807) is 6.92 Å². The second kappa shape index (κ2) is 3.47. The fourth-order valence-corrected chi connectivity index (χ4v) is 3.11. The van der Waals surface area contributed by atoms with Gasteiger partial charge < -0.3 is 4.74 Å². The maximum atomic E-state index is 11.9. The van der Waals surface area contributed by atoms with E-state index in [1.165, 1.54) is 7.11 Å². The van der Waals surface area contributed by atoms with E-state index < -0.39 is 5.41 Å². The molecular weight excluding hydrogens is 192 g/mol. The van der Waals surface area contributed by atoms with E-state index in [9.17, 15) is 9.59 Å². The minimum Gasteiger partial charge on any atom is -0.469 e. The Morgan fingerprint density at radius 2 is 2.20 bits per heavy atom. The lowest BCUT2D eigenvalue weighted by Crippen LogP contribution is -2.38. The second-order valence-corrected chi connectivity index (χ2v) is 4.72. The first-order valence-electron chi connectivity index (χ1n) is 5.34. The van der Waals surface area contributed by atoms with Gasteiger partial charge in [-0.3, -0.25) is 9.59 Å². The number of hydrogen-bond donors (Lipinski definition) is 0. The quantitative estimate of drug-likeness (QED) is 0.524. The Hall–Kier alpha value is -1.12. The maximum absolute atomic E-state index is 11.9. The maximum Gasteiger partial charge on any atom is 0.312 e. The number of carbonyl (C=O) groups excluding carboxylic acids is 2. The van der Waals surface area contributed by atoms with Crippen molar-refractivity contribution in [1.82, 2.24) is 0 Å². The van der Waals surface area contributed by atoms with Crippen molar-refractivity contribution in [2.75, 3.05) is 7.11 Å². The van der Waals surface area contributed by atoms with Crippen molar-refractivity contribution >= 4 is 11.8 Å². The first kappa shape index (κ1) is 10.4. The van der Waals surface area contributed by atoms with Crippen LogP contribution in [-0.4, -0.2) is 18.9 Å². The van der Waals surface area contributed by atoms with Gasteiger partial charge in [0.1, 0.15) is 5.78 Å². The average Bonchev–Trinajstić information content (AvgIpc) is 2.75. The van der Waals surface area contributed by atoms with Crippen molar-refractivity contribution in [2.45, 2.75) is 26.2 Å². The molecule has 0 heterocycles. The van der Waals surface area contributed by atoms with Crippen LogP contribution >= 0.6 is 0 Å². The molecule has 0 radical (unpaired) electrons. The number of allylic oxidation sites excluding steroid dienone is 2. The van der Waals surface area contributed by atoms with Gasteiger partial charge in [0.2, 0.25) is 0 Å². The van der Waals surface area contributed by atoms with E-state index in [4.69, 9.17) is 4.74 Å². The van der Waals surface area contributed by atoms with E-state index in [0.717, 1.165) is 12.8 Å². The summed E-state index contributed by atoms with van der Waals surface area (Å²) in [6.45, 7) is 1.54. The molecule has 2 rings (SSSR count). The molecule has 0 N–H and O–H groups in total. The third-order valence-electron chi connectivity index (χ3n) is 3.66. The van der Waals surface area contributed by atoms with Crippen LogP contribution in [0.5, 0.6) is 0 Å². The lowest BCUT2D eigenvalue weighted by molar-refractivity contribution is -0.156. The topological polar surface area (TPSA) is 43.4 Å². The van der Waals surface area contributed by atoms with Crippen LogP contribution in [-0.2, 0) is 14.3 Å². The standard InChI is InChI=1S/C12H16O3/c1-8(13)6-12(11(14)15-2)7-9-3-4-10(12)5-9/h3-4,9-10H,5-7H2,1-2H3. The molecule has 3 heteroatoms. The molecule has 0 aromatic carbocycles. The highest BCUT2D eigenvalue weighted by molar-refractivity contribution is 5.86. The van der Waals surface area contributed by atoms with Crippen molar-refractivity contribution in [3.63, 3.8) is 0 Å². The van der Waals surface area contributed by atoms with E-state index >= 15 is 0 Å². The molecule has 0 amide bonds. The van der Waals surface area contributed by atoms with Gasteiger partial charge in [-0.05, 0) is 31.6 Å². The van der Waals surface area contributed by atoms with Gasteiger partial charge in [-0.15, -0.1) is 0 Å². The van der Waals surface area contributed by atoms with Gasteiger partial charge in [-0.1, -0.05) is 12.2 Å². The summed E-state index contributed by atoms with van der Waals surface area (Å²) in [4.78, 5) is 23.1. The number of esters is 1. The molecule has 3 atom stereocenters. The molecule has 1 fully saturated rings. The predicted molar refractivity (Wildman–Crippen MR) is 55.1 cm³/mol. The van der Waals surface area contributed by atoms with Gasteiger partial charge in [0.15, 0.2) is 0 Å². The average molecular weight is 208 g/mol. The smallest absolute Gasteiger partial charge is 0.312 e. The first-order valence-corrected chi connectivity index (χ1v) is 5.34. The summed E-state index contributed by atoms with van der Waals surface area (Å²) in [6, 6.07) is 0. The van der Waals surface area contributed by atoms with Crippen LogP contribution in [0.25, 0.3) is 0 Å². The van der Waals surface area contributed by atoms with Crippen LogP contribution in [0.4, 0.5) is 0 Å². The summed E-state index contributed by atoms with van der Waals surface area (Å²) in [7, 11) is 1.40. The summed E-state index contributed by atoms with van der Waals surface area (Å²) in [5.41, 5.74) is -0.556. The minimum absolute atomic E-state index is 0.0707. The van der Waals surface area contributed by atoms with Crippen molar-refractivity contribution in [3.05, 3.63) is 12.2 Å². The first-order chi connectivity index (χ1) is 7.08. The van der Waals surface area contributed by atoms with Crippen molar-refractivity contribution in [2.24, 2.45) is 17.3 Å². The monoisotopic (exact) mass is 208 g/mol. The van der Waals surface area contributed by atoms with E-state index in [2.05, 4.69) is 12.2 Å². The van der Waals surface area contributed by atoms with Gasteiger partial charge in [0.05, 0.1) is 12.5 Å². The molecule has 15 heavy (non-hydrogen) atoms. The molecule has 0 spiro atoms. The molecule has 2 aliphatic carbocycles. The number of carbonyl (C=O) groups is 2. The zero-order chi connectivity index (χ0) is 11.1. The molecule has 2 aliphatic rings. The predicted octanol–water partition coefficient (Wildman–Crippen LogP) is 1.72. The van der Waals surface area contributed by atoms with Crippen LogP contribution in [0.1, 0.15) is 26.2 Å². The van der Waals surface area contributed by atoms with Crippen LogP contribution in [0.15, 0.2) is 12.2 Å². The molecule has 3 nitrogen and oxygen atoms in total. The lowest BCUT2D eigenvalue weighted by Gasteiger charge is -2.31. The Bertz CT molecular complexity index is 332. The number of rotatable bonds is 3. The fraction of sp³-hybridized carbons (Fsp3) is 0.667. The Morgan fingerprint density at radius 1 is 1.47 bits per heavy atom. The van der Waals surface area contributed by atoms with Gasteiger partial charge in [0, 0.05) is 6.42 Å². The zero-order valence-corrected chi connectivity index (χ0v) is 9.16. The van der Waals surface area contributed by atoms with Gasteiger partial charge >= 0.3 is 5.97 Å². The number of hydrogen-bond acceptors (Lipinski definition) is 3.